The van der Waals surface area contributed by atoms with Crippen LogP contribution in [0, 0.1) is 0 Å². The maximum Gasteiger partial charge on any atom is 0.257 e. The van der Waals surface area contributed by atoms with E-state index in [2.05, 4.69) is 9.97 Å². The maximum atomic E-state index is 12.4. The molecule has 0 bridgehead atoms. The first kappa shape index (κ1) is 16.7. The van der Waals surface area contributed by atoms with Crippen LogP contribution in [0.1, 0.15) is 30.6 Å². The van der Waals surface area contributed by atoms with Gasteiger partial charge in [0.2, 0.25) is 5.95 Å². The van der Waals surface area contributed by atoms with Crippen molar-refractivity contribution in [1.82, 2.24) is 14.9 Å². The van der Waals surface area contributed by atoms with Gasteiger partial charge in [-0.1, -0.05) is 0 Å². The van der Waals surface area contributed by atoms with Crippen LogP contribution >= 0.6 is 0 Å². The molecule has 0 radical (unpaired) electrons. The van der Waals surface area contributed by atoms with Crippen molar-refractivity contribution >= 4 is 21.7 Å². The maximum absolute atomic E-state index is 12.4. The summed E-state index contributed by atoms with van der Waals surface area (Å²) in [6.07, 6.45) is 3.49. The van der Waals surface area contributed by atoms with Gasteiger partial charge in [0.1, 0.15) is 0 Å². The molecule has 0 N–H and O–H groups in total. The van der Waals surface area contributed by atoms with Gasteiger partial charge in [-0.2, -0.15) is 0 Å². The Morgan fingerprint density at radius 1 is 1.27 bits per heavy atom. The minimum Gasteiger partial charge on any atom is -0.341 e. The summed E-state index contributed by atoms with van der Waals surface area (Å²) in [5, 5.41) is 0. The lowest BCUT2D eigenvalue weighted by Gasteiger charge is -2.23. The predicted molar refractivity (Wildman–Crippen MR) is 84.7 cm³/mol. The smallest absolute Gasteiger partial charge is 0.257 e. The van der Waals surface area contributed by atoms with Crippen LogP contribution in [0.5, 0.6) is 0 Å². The molecule has 122 valence electrons. The molecule has 1 amide bonds. The van der Waals surface area contributed by atoms with E-state index < -0.39 is 9.84 Å². The summed E-state index contributed by atoms with van der Waals surface area (Å²) in [6, 6.07) is -0.264. The normalized spacial score (nSPS) is 19.9. The fourth-order valence-corrected chi connectivity index (χ4v) is 4.33. The third-order valence-corrected chi connectivity index (χ3v) is 5.76. The van der Waals surface area contributed by atoms with Gasteiger partial charge >= 0.3 is 0 Å². The fourth-order valence-electron chi connectivity index (χ4n) is 2.55. The number of amides is 1. The Morgan fingerprint density at radius 2 is 1.86 bits per heavy atom. The first-order valence-corrected chi connectivity index (χ1v) is 9.24. The summed E-state index contributed by atoms with van der Waals surface area (Å²) < 4.78 is 23.0. The Morgan fingerprint density at radius 3 is 2.32 bits per heavy atom. The fraction of sp³-hybridized carbons (Fsp3) is 0.643. The minimum atomic E-state index is -3.01. The summed E-state index contributed by atoms with van der Waals surface area (Å²) in [4.78, 5) is 24.3. The van der Waals surface area contributed by atoms with E-state index in [1.54, 1.807) is 7.05 Å². The molecule has 1 saturated heterocycles. The summed E-state index contributed by atoms with van der Waals surface area (Å²) >= 11 is 0. The largest absolute Gasteiger partial charge is 0.341 e. The highest BCUT2D eigenvalue weighted by atomic mass is 32.2. The number of nitrogens with zero attached hydrogens (tertiary/aromatic N) is 4. The van der Waals surface area contributed by atoms with Gasteiger partial charge in [0, 0.05) is 38.6 Å². The second kappa shape index (κ2) is 6.60. The van der Waals surface area contributed by atoms with Crippen molar-refractivity contribution in [1.29, 1.82) is 0 Å². The molecule has 1 aliphatic rings. The molecule has 8 heteroatoms. The van der Waals surface area contributed by atoms with Gasteiger partial charge in [0.05, 0.1) is 17.1 Å². The third-order valence-electron chi connectivity index (χ3n) is 4.01. The Hall–Kier alpha value is -1.70. The second-order valence-electron chi connectivity index (χ2n) is 5.42. The zero-order valence-electron chi connectivity index (χ0n) is 13.2. The Kier molecular flexibility index (Phi) is 5.00. The van der Waals surface area contributed by atoms with E-state index in [1.165, 1.54) is 17.3 Å². The predicted octanol–water partition coefficient (Wildman–Crippen LogP) is 0.582. The highest BCUT2D eigenvalue weighted by Crippen LogP contribution is 2.18. The number of rotatable bonds is 5. The van der Waals surface area contributed by atoms with Gasteiger partial charge in [-0.25, -0.2) is 18.4 Å². The Bertz CT molecular complexity index is 626. The van der Waals surface area contributed by atoms with E-state index in [9.17, 15) is 13.2 Å². The van der Waals surface area contributed by atoms with Crippen molar-refractivity contribution in [2.24, 2.45) is 0 Å². The third kappa shape index (κ3) is 3.55. The molecule has 0 saturated carbocycles. The van der Waals surface area contributed by atoms with Crippen molar-refractivity contribution < 1.29 is 13.2 Å². The van der Waals surface area contributed by atoms with Crippen LogP contribution in [0.2, 0.25) is 0 Å². The minimum absolute atomic E-state index is 0.0353. The molecule has 2 rings (SSSR count). The van der Waals surface area contributed by atoms with Crippen LogP contribution in [0.4, 0.5) is 5.95 Å². The number of anilines is 1. The van der Waals surface area contributed by atoms with E-state index in [4.69, 9.17) is 0 Å². The topological polar surface area (TPSA) is 83.5 Å². The van der Waals surface area contributed by atoms with Crippen molar-refractivity contribution in [3.8, 4) is 0 Å². The van der Waals surface area contributed by atoms with Crippen molar-refractivity contribution in [2.75, 3.05) is 36.5 Å². The first-order valence-electron chi connectivity index (χ1n) is 7.42. The van der Waals surface area contributed by atoms with Crippen molar-refractivity contribution in [3.63, 3.8) is 0 Å². The number of sulfone groups is 1. The lowest BCUT2D eigenvalue weighted by molar-refractivity contribution is 0.0747. The zero-order valence-corrected chi connectivity index (χ0v) is 14.0. The highest BCUT2D eigenvalue weighted by Gasteiger charge is 2.33. The first-order chi connectivity index (χ1) is 10.4. The van der Waals surface area contributed by atoms with E-state index in [-0.39, 0.29) is 23.5 Å². The molecule has 1 atom stereocenters. The molecule has 1 aromatic rings. The number of carbonyl (C=O) groups is 1. The Labute approximate surface area is 131 Å². The van der Waals surface area contributed by atoms with Crippen LogP contribution in [0.3, 0.4) is 0 Å². The average Bonchev–Trinajstić information content (AvgIpc) is 2.88. The molecule has 2 heterocycles. The molecule has 7 nitrogen and oxygen atoms in total. The monoisotopic (exact) mass is 326 g/mol. The average molecular weight is 326 g/mol. The molecule has 0 aromatic carbocycles. The van der Waals surface area contributed by atoms with E-state index in [1.807, 2.05) is 18.7 Å². The van der Waals surface area contributed by atoms with E-state index in [0.717, 1.165) is 13.1 Å². The molecular weight excluding hydrogens is 304 g/mol. The summed E-state index contributed by atoms with van der Waals surface area (Å²) in [7, 11) is -1.38. The summed E-state index contributed by atoms with van der Waals surface area (Å²) in [5.74, 6) is 0.529. The molecule has 0 aliphatic carbocycles. The number of hydrogen-bond donors (Lipinski definition) is 0. The van der Waals surface area contributed by atoms with Crippen molar-refractivity contribution in [2.45, 2.75) is 26.3 Å². The Balaban J connectivity index is 2.09. The second-order valence-corrected chi connectivity index (χ2v) is 7.65. The molecule has 1 aromatic heterocycles. The quantitative estimate of drug-likeness (QED) is 0.787. The lowest BCUT2D eigenvalue weighted by Crippen LogP contribution is -2.38. The molecule has 22 heavy (non-hydrogen) atoms. The zero-order chi connectivity index (χ0) is 16.3. The van der Waals surface area contributed by atoms with Gasteiger partial charge in [-0.3, -0.25) is 4.79 Å². The van der Waals surface area contributed by atoms with Crippen LogP contribution in [0.15, 0.2) is 12.4 Å². The SMILES string of the molecule is CCN(CC)c1ncc(C(=O)N(C)C2CCS(=O)(=O)C2)cn1. The number of carbonyl (C=O) groups excluding carboxylic acids is 1. The van der Waals surface area contributed by atoms with Crippen LogP contribution in [-0.2, 0) is 9.84 Å². The van der Waals surface area contributed by atoms with Gasteiger partial charge in [-0.15, -0.1) is 0 Å². The van der Waals surface area contributed by atoms with Gasteiger partial charge in [0.25, 0.3) is 5.91 Å². The highest BCUT2D eigenvalue weighted by molar-refractivity contribution is 7.91. The lowest BCUT2D eigenvalue weighted by atomic mass is 10.2. The molecule has 1 aliphatic heterocycles. The summed E-state index contributed by atoms with van der Waals surface area (Å²) in [5.41, 5.74) is 0.378. The van der Waals surface area contributed by atoms with Crippen LogP contribution in [0.25, 0.3) is 0 Å². The molecule has 1 unspecified atom stereocenters. The van der Waals surface area contributed by atoms with E-state index in [0.29, 0.717) is 17.9 Å². The number of hydrogen-bond acceptors (Lipinski definition) is 6. The van der Waals surface area contributed by atoms with Crippen LogP contribution < -0.4 is 4.90 Å². The molecule has 0 spiro atoms. The number of aromatic nitrogens is 2. The molecular formula is C14H22N4O3S. The standard InChI is InChI=1S/C14H22N4O3S/c1-4-18(5-2)14-15-8-11(9-16-14)13(19)17(3)12-6-7-22(20,21)10-12/h8-9,12H,4-7,10H2,1-3H3. The van der Waals surface area contributed by atoms with Crippen LogP contribution in [-0.4, -0.2) is 66.9 Å². The summed E-state index contributed by atoms with van der Waals surface area (Å²) in [6.45, 7) is 5.62. The molecule has 1 fully saturated rings. The van der Waals surface area contributed by atoms with E-state index >= 15 is 0 Å². The van der Waals surface area contributed by atoms with Gasteiger partial charge in [0.15, 0.2) is 9.84 Å². The van der Waals surface area contributed by atoms with Gasteiger partial charge < -0.3 is 9.80 Å². The van der Waals surface area contributed by atoms with Gasteiger partial charge in [-0.05, 0) is 20.3 Å². The van der Waals surface area contributed by atoms with Crippen molar-refractivity contribution in [3.05, 3.63) is 18.0 Å².